The lowest BCUT2D eigenvalue weighted by Gasteiger charge is -2.24. The molecule has 0 aromatic heterocycles. The number of fused-ring (bicyclic) bond motifs is 6. The van der Waals surface area contributed by atoms with Crippen LogP contribution >= 0.6 is 0 Å². The number of benzene rings is 5. The van der Waals surface area contributed by atoms with Crippen molar-refractivity contribution < 1.29 is 0 Å². The van der Waals surface area contributed by atoms with Crippen LogP contribution in [0.2, 0.25) is 0 Å². The van der Waals surface area contributed by atoms with E-state index in [1.165, 1.54) is 0 Å². The Bertz CT molecular complexity index is 4090. The maximum Gasteiger partial charge on any atom is 0.0433 e. The fraction of sp³-hybridized carbons (Fsp3) is 0.372. The molecule has 0 saturated carbocycles. The number of anilines is 4. The summed E-state index contributed by atoms with van der Waals surface area (Å²) in [4.78, 5) is 9.87. The van der Waals surface area contributed by atoms with Gasteiger partial charge in [-0.1, -0.05) is 178 Å². The molecule has 0 atom stereocenters. The Morgan fingerprint density at radius 2 is 0.433 bits per heavy atom. The van der Waals surface area contributed by atoms with Crippen molar-refractivity contribution in [1.82, 2.24) is 0 Å². The second-order valence-electron chi connectivity index (χ2n) is 22.6. The van der Waals surface area contributed by atoms with Crippen LogP contribution in [0.1, 0.15) is 158 Å². The summed E-state index contributed by atoms with van der Waals surface area (Å²) < 4.78 is 0. The van der Waals surface area contributed by atoms with Crippen LogP contribution in [-0.4, -0.2) is 52.4 Å². The van der Waals surface area contributed by atoms with Gasteiger partial charge in [0.15, 0.2) is 0 Å². The maximum atomic E-state index is 3.41. The molecule has 4 nitrogen and oxygen atoms in total. The number of rotatable bonds is 28. The van der Waals surface area contributed by atoms with Crippen LogP contribution in [-0.2, 0) is 0 Å². The van der Waals surface area contributed by atoms with Gasteiger partial charge < -0.3 is 19.6 Å². The topological polar surface area (TPSA) is 13.0 Å². The summed E-state index contributed by atoms with van der Waals surface area (Å²) in [5.74, 6) is 0. The van der Waals surface area contributed by atoms with Crippen molar-refractivity contribution in [3.8, 4) is 0 Å². The zero-order valence-electron chi connectivity index (χ0n) is 54.8. The van der Waals surface area contributed by atoms with Gasteiger partial charge in [-0.2, -0.15) is 0 Å². The standard InChI is InChI=1S/C86H86N4/c1-9-17-57-87(58-18-10-2)83-53-49-71-37-25-29-41-75-65-77-43-31-27-39-73-51-55-85(89(61-21-13-5)62-22-14-6)69-81(73)47-35-36-48-82-70-86(90(63-23-15-7)64-24-16-8)56-52-74(82)40-28-32-44-78(77)66-76(75)42-30-26-38-72-50-54-84(88(59-19-11-3)60-20-12-4)68-80(72)46-34-33-45-79(71)67-83/h49-56,65-70H,9-24,57-64H2,1-8H3. The van der Waals surface area contributed by atoms with Crippen molar-refractivity contribution in [2.24, 2.45) is 0 Å². The van der Waals surface area contributed by atoms with Gasteiger partial charge >= 0.3 is 0 Å². The molecule has 0 N–H and O–H groups in total. The fourth-order valence-corrected chi connectivity index (χ4v) is 10.2. The van der Waals surface area contributed by atoms with E-state index >= 15 is 0 Å². The molecule has 1 aliphatic carbocycles. The average Bonchev–Trinajstić information content (AvgIpc) is 1.62. The SMILES string of the molecule is CCCCN(CCCC)c1ccc2c(c1)=C=C=C=C=c1cc(N(CCCC)CCCC)ccc1=C=C=C=C=c1cc3c#cc#cc4ccc(N(CCCC)CCCC)cc4c#cc#cc4cc(N(CCCC)CCCC)ccc4c#cc#cc3cc1=C=C=C=C=2. The van der Waals surface area contributed by atoms with Gasteiger partial charge in [-0.3, -0.25) is 0 Å². The quantitative estimate of drug-likeness (QED) is 0.0453. The number of hydrogen-bond acceptors (Lipinski definition) is 4. The molecule has 0 unspecified atom stereocenters. The summed E-state index contributed by atoms with van der Waals surface area (Å²) in [6, 6.07) is 68.7. The summed E-state index contributed by atoms with van der Waals surface area (Å²) in [5.41, 5.74) is 43.8. The number of nitrogens with zero attached hydrogens (tertiary/aromatic N) is 4. The summed E-state index contributed by atoms with van der Waals surface area (Å²) in [5, 5.41) is 8.82. The van der Waals surface area contributed by atoms with E-state index in [4.69, 9.17) is 0 Å². The highest BCUT2D eigenvalue weighted by Gasteiger charge is 2.10. The first-order valence-electron chi connectivity index (χ1n) is 33.2. The van der Waals surface area contributed by atoms with Crippen molar-refractivity contribution in [3.05, 3.63) is 223 Å². The molecule has 0 fully saturated rings. The molecule has 450 valence electrons. The van der Waals surface area contributed by atoms with E-state index < -0.39 is 0 Å². The summed E-state index contributed by atoms with van der Waals surface area (Å²) in [7, 11) is 0. The predicted molar refractivity (Wildman–Crippen MR) is 378 cm³/mol. The second kappa shape index (κ2) is 38.3. The van der Waals surface area contributed by atoms with Gasteiger partial charge in [0, 0.05) is 139 Å². The van der Waals surface area contributed by atoms with Gasteiger partial charge in [0.05, 0.1) is 0 Å². The van der Waals surface area contributed by atoms with Crippen molar-refractivity contribution in [2.45, 2.75) is 158 Å². The molecule has 7 rings (SSSR count). The van der Waals surface area contributed by atoms with Crippen LogP contribution in [0.15, 0.2) is 119 Å². The van der Waals surface area contributed by atoms with Crippen LogP contribution in [0.3, 0.4) is 0 Å². The molecule has 0 saturated heterocycles. The molecule has 0 radical (unpaired) electrons. The molecular weight excluding hydrogens is 1090 g/mol. The van der Waals surface area contributed by atoms with E-state index in [-0.39, 0.29) is 0 Å². The van der Waals surface area contributed by atoms with E-state index in [0.29, 0.717) is 21.2 Å². The Morgan fingerprint density at radius 3 is 0.700 bits per heavy atom. The van der Waals surface area contributed by atoms with Crippen molar-refractivity contribution >= 4 is 89.5 Å². The smallest absolute Gasteiger partial charge is 0.0433 e. The van der Waals surface area contributed by atoms with Gasteiger partial charge in [0.1, 0.15) is 0 Å². The van der Waals surface area contributed by atoms with Crippen LogP contribution < -0.4 is 50.9 Å². The lowest BCUT2D eigenvalue weighted by molar-refractivity contribution is 0.678. The fourth-order valence-electron chi connectivity index (χ4n) is 10.2. The molecule has 0 amide bonds. The predicted octanol–water partition coefficient (Wildman–Crippen LogP) is 15.0. The van der Waals surface area contributed by atoms with Crippen LogP contribution in [0, 0.1) is 72.8 Å². The Kier molecular flexibility index (Phi) is 28.8. The number of hydrogen-bond donors (Lipinski definition) is 0. The van der Waals surface area contributed by atoms with Crippen LogP contribution in [0.25, 0.3) is 66.7 Å². The Morgan fingerprint density at radius 1 is 0.222 bits per heavy atom. The van der Waals surface area contributed by atoms with Crippen molar-refractivity contribution in [1.29, 1.82) is 0 Å². The van der Waals surface area contributed by atoms with E-state index in [9.17, 15) is 0 Å². The highest BCUT2D eigenvalue weighted by atomic mass is 15.1. The third-order valence-electron chi connectivity index (χ3n) is 15.6. The number of unbranched alkanes of at least 4 members (excludes halogenated alkanes) is 8. The molecule has 6 aromatic rings. The molecule has 0 aliphatic heterocycles. The van der Waals surface area contributed by atoms with E-state index in [0.717, 1.165) is 220 Å². The van der Waals surface area contributed by atoms with Gasteiger partial charge in [-0.05, 0) is 207 Å². The van der Waals surface area contributed by atoms with E-state index in [1.807, 2.05) is 12.1 Å². The van der Waals surface area contributed by atoms with E-state index in [2.05, 4.69) is 289 Å². The van der Waals surface area contributed by atoms with Gasteiger partial charge in [-0.15, -0.1) is 0 Å². The van der Waals surface area contributed by atoms with Gasteiger partial charge in [-0.25, -0.2) is 0 Å². The third-order valence-corrected chi connectivity index (χ3v) is 15.6. The molecule has 1 aliphatic rings. The minimum Gasteiger partial charge on any atom is -0.372 e. The minimum absolute atomic E-state index is 0.628. The maximum absolute atomic E-state index is 3.41. The summed E-state index contributed by atoms with van der Waals surface area (Å²) in [6.07, 6.45) is 17.7. The largest absolute Gasteiger partial charge is 0.372 e. The van der Waals surface area contributed by atoms with Gasteiger partial charge in [0.2, 0.25) is 0 Å². The molecule has 6 aromatic carbocycles. The molecule has 90 heavy (non-hydrogen) atoms. The monoisotopic (exact) mass is 1170 g/mol. The minimum atomic E-state index is 0.628. The first-order chi connectivity index (χ1) is 44.3. The highest BCUT2D eigenvalue weighted by Crippen LogP contribution is 2.23. The molecule has 0 heterocycles. The lowest BCUT2D eigenvalue weighted by atomic mass is 10.1. The molecular formula is C86H86N4. The first kappa shape index (κ1) is 67.5. The summed E-state index contributed by atoms with van der Waals surface area (Å²) >= 11 is 0. The highest BCUT2D eigenvalue weighted by molar-refractivity contribution is 5.84. The van der Waals surface area contributed by atoms with Crippen LogP contribution in [0.5, 0.6) is 0 Å². The third kappa shape index (κ3) is 21.1. The van der Waals surface area contributed by atoms with Gasteiger partial charge in [0.25, 0.3) is 0 Å². The van der Waals surface area contributed by atoms with E-state index in [1.54, 1.807) is 0 Å². The Balaban J connectivity index is 1.61. The van der Waals surface area contributed by atoms with Crippen molar-refractivity contribution in [3.63, 3.8) is 0 Å². The zero-order chi connectivity index (χ0) is 63.4. The summed E-state index contributed by atoms with van der Waals surface area (Å²) in [6.45, 7) is 25.7. The first-order valence-corrected chi connectivity index (χ1v) is 33.2. The molecule has 0 spiro atoms. The average molecular weight is 1180 g/mol. The Hall–Kier alpha value is -9.98. The molecule has 4 heteroatoms. The molecule has 0 bridgehead atoms. The van der Waals surface area contributed by atoms with Crippen LogP contribution in [0.4, 0.5) is 22.7 Å². The van der Waals surface area contributed by atoms with Crippen molar-refractivity contribution in [2.75, 3.05) is 72.0 Å². The normalized spacial score (nSPS) is 10.3. The zero-order valence-corrected chi connectivity index (χ0v) is 54.8. The lowest BCUT2D eigenvalue weighted by Crippen LogP contribution is -2.29. The Labute approximate surface area is 539 Å². The second-order valence-corrected chi connectivity index (χ2v) is 22.6.